The Morgan fingerprint density at radius 2 is 2.05 bits per heavy atom. The highest BCUT2D eigenvalue weighted by molar-refractivity contribution is 5.84. The molecule has 1 aromatic heterocycles. The number of aromatic nitrogens is 1. The lowest BCUT2D eigenvalue weighted by Crippen LogP contribution is -2.26. The Morgan fingerprint density at radius 1 is 1.20 bits per heavy atom. The van der Waals surface area contributed by atoms with Crippen LogP contribution >= 0.6 is 0 Å². The highest BCUT2D eigenvalue weighted by Crippen LogP contribution is 2.24. The molecule has 1 saturated heterocycles. The molecule has 4 nitrogen and oxygen atoms in total. The van der Waals surface area contributed by atoms with Gasteiger partial charge in [-0.2, -0.15) is 0 Å². The molecule has 20 heavy (non-hydrogen) atoms. The number of hydrogen-bond donors (Lipinski definition) is 0. The van der Waals surface area contributed by atoms with E-state index in [1.165, 1.54) is 0 Å². The lowest BCUT2D eigenvalue weighted by atomic mass is 10.2. The fourth-order valence-electron chi connectivity index (χ4n) is 2.30. The predicted molar refractivity (Wildman–Crippen MR) is 76.9 cm³/mol. The molecule has 0 saturated carbocycles. The number of para-hydroxylation sites is 1. The van der Waals surface area contributed by atoms with E-state index in [-0.39, 0.29) is 6.29 Å². The van der Waals surface area contributed by atoms with Crippen molar-refractivity contribution in [2.75, 3.05) is 19.8 Å². The SMILES string of the molecule is Cc1ccc2cccc(OCCC3OCCCO3)c2n1. The summed E-state index contributed by atoms with van der Waals surface area (Å²) in [6.45, 7) is 4.11. The molecule has 1 fully saturated rings. The van der Waals surface area contributed by atoms with Gasteiger partial charge in [0.05, 0.1) is 19.8 Å². The van der Waals surface area contributed by atoms with Crippen LogP contribution in [0, 0.1) is 6.92 Å². The molecule has 1 aliphatic heterocycles. The van der Waals surface area contributed by atoms with Gasteiger partial charge in [-0.1, -0.05) is 18.2 Å². The summed E-state index contributed by atoms with van der Waals surface area (Å²) in [4.78, 5) is 4.55. The third-order valence-corrected chi connectivity index (χ3v) is 3.33. The minimum Gasteiger partial charge on any atom is -0.491 e. The normalized spacial score (nSPS) is 16.4. The number of benzene rings is 1. The molecule has 0 unspecified atom stereocenters. The molecule has 0 atom stereocenters. The molecule has 3 rings (SSSR count). The van der Waals surface area contributed by atoms with Crippen molar-refractivity contribution in [3.05, 3.63) is 36.0 Å². The van der Waals surface area contributed by atoms with Gasteiger partial charge in [0.25, 0.3) is 0 Å². The first kappa shape index (κ1) is 13.3. The fourth-order valence-corrected chi connectivity index (χ4v) is 2.30. The van der Waals surface area contributed by atoms with Gasteiger partial charge in [-0.15, -0.1) is 0 Å². The van der Waals surface area contributed by atoms with Crippen LogP contribution in [0.1, 0.15) is 18.5 Å². The van der Waals surface area contributed by atoms with E-state index in [9.17, 15) is 0 Å². The lowest BCUT2D eigenvalue weighted by Gasteiger charge is -2.23. The highest BCUT2D eigenvalue weighted by Gasteiger charge is 2.14. The molecule has 0 N–H and O–H groups in total. The van der Waals surface area contributed by atoms with E-state index in [0.29, 0.717) is 6.61 Å². The maximum atomic E-state index is 5.85. The van der Waals surface area contributed by atoms with Crippen molar-refractivity contribution in [1.82, 2.24) is 4.98 Å². The Hall–Kier alpha value is -1.65. The summed E-state index contributed by atoms with van der Waals surface area (Å²) < 4.78 is 16.9. The molecule has 1 aromatic carbocycles. The van der Waals surface area contributed by atoms with Crippen molar-refractivity contribution in [3.8, 4) is 5.75 Å². The van der Waals surface area contributed by atoms with E-state index in [1.807, 2.05) is 31.2 Å². The van der Waals surface area contributed by atoms with E-state index in [2.05, 4.69) is 11.1 Å². The standard InChI is InChI=1S/C16H19NO3/c1-12-6-7-13-4-2-5-14(16(13)17-12)18-11-8-15-19-9-3-10-20-15/h2,4-7,15H,3,8-11H2,1H3. The molecular formula is C16H19NO3. The summed E-state index contributed by atoms with van der Waals surface area (Å²) in [7, 11) is 0. The zero-order valence-corrected chi connectivity index (χ0v) is 11.7. The summed E-state index contributed by atoms with van der Waals surface area (Å²) in [5.41, 5.74) is 1.91. The fraction of sp³-hybridized carbons (Fsp3) is 0.438. The van der Waals surface area contributed by atoms with Crippen LogP contribution in [0.2, 0.25) is 0 Å². The lowest BCUT2D eigenvalue weighted by molar-refractivity contribution is -0.183. The van der Waals surface area contributed by atoms with E-state index < -0.39 is 0 Å². The average Bonchev–Trinajstić information content (AvgIpc) is 2.49. The Labute approximate surface area is 118 Å². The van der Waals surface area contributed by atoms with E-state index >= 15 is 0 Å². The monoisotopic (exact) mass is 273 g/mol. The molecule has 4 heteroatoms. The molecule has 0 amide bonds. The maximum Gasteiger partial charge on any atom is 0.160 e. The van der Waals surface area contributed by atoms with Gasteiger partial charge in [-0.25, -0.2) is 4.98 Å². The second kappa shape index (κ2) is 6.20. The van der Waals surface area contributed by atoms with Crippen molar-refractivity contribution in [2.45, 2.75) is 26.1 Å². The Bertz CT molecular complexity index is 579. The van der Waals surface area contributed by atoms with Crippen molar-refractivity contribution in [3.63, 3.8) is 0 Å². The molecule has 0 aliphatic carbocycles. The first-order valence-corrected chi connectivity index (χ1v) is 7.05. The number of pyridine rings is 1. The summed E-state index contributed by atoms with van der Waals surface area (Å²) in [6.07, 6.45) is 1.58. The molecule has 0 radical (unpaired) electrons. The number of ether oxygens (including phenoxy) is 3. The summed E-state index contributed by atoms with van der Waals surface area (Å²) in [5.74, 6) is 0.821. The molecule has 2 aromatic rings. The van der Waals surface area contributed by atoms with E-state index in [0.717, 1.165) is 48.4 Å². The van der Waals surface area contributed by atoms with Crippen LogP contribution < -0.4 is 4.74 Å². The topological polar surface area (TPSA) is 40.6 Å². The van der Waals surface area contributed by atoms with Crippen LogP contribution in [0.15, 0.2) is 30.3 Å². The Balaban J connectivity index is 1.66. The zero-order chi connectivity index (χ0) is 13.8. The van der Waals surface area contributed by atoms with Gasteiger partial charge in [0.15, 0.2) is 6.29 Å². The van der Waals surface area contributed by atoms with Gasteiger partial charge in [0, 0.05) is 17.5 Å². The maximum absolute atomic E-state index is 5.85. The number of hydrogen-bond acceptors (Lipinski definition) is 4. The minimum atomic E-state index is -0.131. The van der Waals surface area contributed by atoms with Crippen molar-refractivity contribution >= 4 is 10.9 Å². The van der Waals surface area contributed by atoms with E-state index in [4.69, 9.17) is 14.2 Å². The number of rotatable bonds is 4. The van der Waals surface area contributed by atoms with Crippen LogP contribution in [0.5, 0.6) is 5.75 Å². The van der Waals surface area contributed by atoms with Gasteiger partial charge in [0.1, 0.15) is 11.3 Å². The molecule has 106 valence electrons. The van der Waals surface area contributed by atoms with Crippen LogP contribution in [-0.4, -0.2) is 31.1 Å². The largest absolute Gasteiger partial charge is 0.491 e. The van der Waals surface area contributed by atoms with Crippen molar-refractivity contribution in [2.24, 2.45) is 0 Å². The Morgan fingerprint density at radius 3 is 2.90 bits per heavy atom. The third kappa shape index (κ3) is 3.08. The quantitative estimate of drug-likeness (QED) is 0.858. The zero-order valence-electron chi connectivity index (χ0n) is 11.7. The molecule has 1 aliphatic rings. The van der Waals surface area contributed by atoms with E-state index in [1.54, 1.807) is 0 Å². The van der Waals surface area contributed by atoms with Crippen LogP contribution in [0.4, 0.5) is 0 Å². The van der Waals surface area contributed by atoms with Crippen molar-refractivity contribution in [1.29, 1.82) is 0 Å². The summed E-state index contributed by atoms with van der Waals surface area (Å²) >= 11 is 0. The van der Waals surface area contributed by atoms with Gasteiger partial charge < -0.3 is 14.2 Å². The minimum absolute atomic E-state index is 0.131. The second-order valence-corrected chi connectivity index (χ2v) is 4.94. The van der Waals surface area contributed by atoms with Gasteiger partial charge in [-0.3, -0.25) is 0 Å². The van der Waals surface area contributed by atoms with Crippen LogP contribution in [0.3, 0.4) is 0 Å². The van der Waals surface area contributed by atoms with Gasteiger partial charge >= 0.3 is 0 Å². The predicted octanol–water partition coefficient (Wildman–Crippen LogP) is 3.08. The summed E-state index contributed by atoms with van der Waals surface area (Å²) in [5, 5.41) is 1.10. The van der Waals surface area contributed by atoms with Gasteiger partial charge in [0.2, 0.25) is 0 Å². The molecular weight excluding hydrogens is 254 g/mol. The second-order valence-electron chi connectivity index (χ2n) is 4.94. The average molecular weight is 273 g/mol. The first-order chi connectivity index (χ1) is 9.83. The smallest absolute Gasteiger partial charge is 0.160 e. The number of aryl methyl sites for hydroxylation is 1. The molecule has 0 spiro atoms. The number of fused-ring (bicyclic) bond motifs is 1. The molecule has 2 heterocycles. The Kier molecular flexibility index (Phi) is 4.14. The first-order valence-electron chi connectivity index (χ1n) is 7.05. The molecule has 0 bridgehead atoms. The third-order valence-electron chi connectivity index (χ3n) is 3.33. The van der Waals surface area contributed by atoms with Crippen LogP contribution in [0.25, 0.3) is 10.9 Å². The summed E-state index contributed by atoms with van der Waals surface area (Å²) in [6, 6.07) is 10.1. The highest BCUT2D eigenvalue weighted by atomic mass is 16.7. The van der Waals surface area contributed by atoms with Crippen molar-refractivity contribution < 1.29 is 14.2 Å². The number of nitrogens with zero attached hydrogens (tertiary/aromatic N) is 1. The van der Waals surface area contributed by atoms with Crippen LogP contribution in [-0.2, 0) is 9.47 Å². The van der Waals surface area contributed by atoms with Gasteiger partial charge in [-0.05, 0) is 25.5 Å².